The number of carbonyl (C=O) groups is 2. The maximum absolute atomic E-state index is 13.5. The number of amides is 2. The number of benzene rings is 1. The second-order valence-corrected chi connectivity index (χ2v) is 9.78. The van der Waals surface area contributed by atoms with E-state index in [4.69, 9.17) is 4.52 Å². The van der Waals surface area contributed by atoms with E-state index in [0.29, 0.717) is 49.3 Å². The molecular formula is C24H23N5O3S2. The zero-order valence-electron chi connectivity index (χ0n) is 18.3. The Kier molecular flexibility index (Phi) is 6.79. The molecule has 174 valence electrons. The molecule has 34 heavy (non-hydrogen) atoms. The van der Waals surface area contributed by atoms with Crippen LogP contribution in [0.25, 0.3) is 10.7 Å². The molecular weight excluding hydrogens is 470 g/mol. The van der Waals surface area contributed by atoms with Crippen molar-refractivity contribution in [1.29, 1.82) is 0 Å². The number of thiophene rings is 2. The van der Waals surface area contributed by atoms with Crippen molar-refractivity contribution in [2.24, 2.45) is 0 Å². The van der Waals surface area contributed by atoms with Gasteiger partial charge < -0.3 is 14.7 Å². The number of rotatable bonds is 7. The molecule has 1 aromatic carbocycles. The van der Waals surface area contributed by atoms with Crippen LogP contribution in [-0.2, 0) is 11.3 Å². The highest BCUT2D eigenvalue weighted by Crippen LogP contribution is 2.22. The number of aromatic nitrogens is 2. The van der Waals surface area contributed by atoms with Gasteiger partial charge in [0.1, 0.15) is 6.04 Å². The van der Waals surface area contributed by atoms with E-state index >= 15 is 0 Å². The normalized spacial score (nSPS) is 15.2. The van der Waals surface area contributed by atoms with E-state index in [-0.39, 0.29) is 11.8 Å². The summed E-state index contributed by atoms with van der Waals surface area (Å²) < 4.78 is 5.42. The number of piperazine rings is 1. The minimum atomic E-state index is -0.730. The Morgan fingerprint density at radius 1 is 0.971 bits per heavy atom. The minimum Gasteiger partial charge on any atom is -0.338 e. The van der Waals surface area contributed by atoms with Gasteiger partial charge in [0.05, 0.1) is 16.3 Å². The molecule has 10 heteroatoms. The van der Waals surface area contributed by atoms with Gasteiger partial charge in [0.2, 0.25) is 17.6 Å². The maximum Gasteiger partial charge on any atom is 0.262 e. The van der Waals surface area contributed by atoms with Crippen LogP contribution in [0.1, 0.15) is 27.2 Å². The summed E-state index contributed by atoms with van der Waals surface area (Å²) in [5, 5.41) is 10.8. The summed E-state index contributed by atoms with van der Waals surface area (Å²) in [6.45, 7) is 3.02. The van der Waals surface area contributed by atoms with Gasteiger partial charge in [-0.3, -0.25) is 14.5 Å². The lowest BCUT2D eigenvalue weighted by atomic mass is 10.0. The molecule has 8 nitrogen and oxygen atoms in total. The highest BCUT2D eigenvalue weighted by molar-refractivity contribution is 7.13. The van der Waals surface area contributed by atoms with Crippen molar-refractivity contribution in [3.8, 4) is 10.7 Å². The summed E-state index contributed by atoms with van der Waals surface area (Å²) in [6, 6.07) is 16.2. The van der Waals surface area contributed by atoms with Crippen LogP contribution in [0.15, 0.2) is 69.9 Å². The van der Waals surface area contributed by atoms with Gasteiger partial charge in [-0.1, -0.05) is 47.6 Å². The van der Waals surface area contributed by atoms with E-state index in [1.165, 1.54) is 11.3 Å². The van der Waals surface area contributed by atoms with Crippen LogP contribution in [0.5, 0.6) is 0 Å². The van der Waals surface area contributed by atoms with Gasteiger partial charge >= 0.3 is 0 Å². The van der Waals surface area contributed by atoms with E-state index in [1.807, 2.05) is 64.2 Å². The molecule has 4 aromatic rings. The number of nitrogens with one attached hydrogen (secondary N) is 1. The van der Waals surface area contributed by atoms with Crippen molar-refractivity contribution in [3.63, 3.8) is 0 Å². The fourth-order valence-electron chi connectivity index (χ4n) is 3.87. The third-order valence-corrected chi connectivity index (χ3v) is 7.39. The fraction of sp³-hybridized carbons (Fsp3) is 0.250. The van der Waals surface area contributed by atoms with E-state index in [1.54, 1.807) is 17.4 Å². The smallest absolute Gasteiger partial charge is 0.262 e. The molecule has 1 saturated heterocycles. The molecule has 0 saturated carbocycles. The Morgan fingerprint density at radius 3 is 2.44 bits per heavy atom. The van der Waals surface area contributed by atoms with Gasteiger partial charge in [0.25, 0.3) is 5.91 Å². The number of hydrogen-bond acceptors (Lipinski definition) is 8. The van der Waals surface area contributed by atoms with E-state index < -0.39 is 6.04 Å². The SMILES string of the molecule is O=C(N[C@H](C(=O)N1CCN(Cc2nc(-c3cccs3)no2)CC1)c1ccccc1)c1cccs1. The monoisotopic (exact) mass is 493 g/mol. The van der Waals surface area contributed by atoms with Gasteiger partial charge in [-0.05, 0) is 28.5 Å². The zero-order chi connectivity index (χ0) is 23.3. The van der Waals surface area contributed by atoms with E-state index in [9.17, 15) is 9.59 Å². The average Bonchev–Trinajstić information content (AvgIpc) is 3.66. The van der Waals surface area contributed by atoms with E-state index in [0.717, 1.165) is 10.4 Å². The molecule has 0 unspecified atom stereocenters. The molecule has 1 fully saturated rings. The molecule has 4 heterocycles. The first-order valence-corrected chi connectivity index (χ1v) is 12.7. The first-order valence-electron chi connectivity index (χ1n) is 10.9. The van der Waals surface area contributed by atoms with Crippen LogP contribution < -0.4 is 5.32 Å². The predicted octanol–water partition coefficient (Wildman–Crippen LogP) is 3.68. The van der Waals surface area contributed by atoms with Crippen molar-refractivity contribution in [2.75, 3.05) is 26.2 Å². The molecule has 0 radical (unpaired) electrons. The van der Waals surface area contributed by atoms with Gasteiger partial charge in [0.15, 0.2) is 0 Å². The summed E-state index contributed by atoms with van der Waals surface area (Å²) in [5.41, 5.74) is 0.770. The summed E-state index contributed by atoms with van der Waals surface area (Å²) in [7, 11) is 0. The second-order valence-electron chi connectivity index (χ2n) is 7.88. The third-order valence-electron chi connectivity index (χ3n) is 5.65. The lowest BCUT2D eigenvalue weighted by Gasteiger charge is -2.36. The van der Waals surface area contributed by atoms with Crippen LogP contribution >= 0.6 is 22.7 Å². The summed E-state index contributed by atoms with van der Waals surface area (Å²) in [6.07, 6.45) is 0. The molecule has 1 aliphatic heterocycles. The highest BCUT2D eigenvalue weighted by Gasteiger charge is 2.30. The van der Waals surface area contributed by atoms with E-state index in [2.05, 4.69) is 20.4 Å². The van der Waals surface area contributed by atoms with Crippen LogP contribution in [0.2, 0.25) is 0 Å². The Bertz CT molecular complexity index is 1220. The van der Waals surface area contributed by atoms with Gasteiger partial charge in [0, 0.05) is 26.2 Å². The Balaban J connectivity index is 1.22. The second kappa shape index (κ2) is 10.3. The molecule has 3 aromatic heterocycles. The first kappa shape index (κ1) is 22.5. The lowest BCUT2D eigenvalue weighted by molar-refractivity contribution is -0.135. The predicted molar refractivity (Wildman–Crippen MR) is 130 cm³/mol. The molecule has 2 amide bonds. The van der Waals surface area contributed by atoms with Crippen LogP contribution in [0.4, 0.5) is 0 Å². The van der Waals surface area contributed by atoms with Crippen molar-refractivity contribution < 1.29 is 14.1 Å². The third kappa shape index (κ3) is 5.09. The molecule has 0 bridgehead atoms. The molecule has 1 atom stereocenters. The van der Waals surface area contributed by atoms with Crippen molar-refractivity contribution in [3.05, 3.63) is 81.7 Å². The van der Waals surface area contributed by atoms with Crippen molar-refractivity contribution in [1.82, 2.24) is 25.3 Å². The average molecular weight is 494 g/mol. The topological polar surface area (TPSA) is 91.6 Å². The molecule has 1 aliphatic rings. The fourth-order valence-corrected chi connectivity index (χ4v) is 5.14. The van der Waals surface area contributed by atoms with Gasteiger partial charge in [-0.15, -0.1) is 22.7 Å². The van der Waals surface area contributed by atoms with Crippen molar-refractivity contribution in [2.45, 2.75) is 12.6 Å². The van der Waals surface area contributed by atoms with Crippen LogP contribution in [-0.4, -0.2) is 57.9 Å². The molecule has 5 rings (SSSR count). The zero-order valence-corrected chi connectivity index (χ0v) is 19.9. The van der Waals surface area contributed by atoms with Crippen LogP contribution in [0, 0.1) is 0 Å². The van der Waals surface area contributed by atoms with Crippen LogP contribution in [0.3, 0.4) is 0 Å². The Labute approximate surface area is 204 Å². The Hall–Kier alpha value is -3.34. The number of carbonyl (C=O) groups excluding carboxylic acids is 2. The summed E-state index contributed by atoms with van der Waals surface area (Å²) in [4.78, 5) is 36.2. The summed E-state index contributed by atoms with van der Waals surface area (Å²) in [5.74, 6) is 0.821. The van der Waals surface area contributed by atoms with Gasteiger partial charge in [-0.25, -0.2) is 0 Å². The first-order chi connectivity index (χ1) is 16.7. The quantitative estimate of drug-likeness (QED) is 0.422. The largest absolute Gasteiger partial charge is 0.338 e. The number of hydrogen-bond donors (Lipinski definition) is 1. The van der Waals surface area contributed by atoms with Gasteiger partial charge in [-0.2, -0.15) is 4.98 Å². The Morgan fingerprint density at radius 2 is 1.74 bits per heavy atom. The minimum absolute atomic E-state index is 0.103. The highest BCUT2D eigenvalue weighted by atomic mass is 32.1. The molecule has 0 aliphatic carbocycles. The maximum atomic E-state index is 13.5. The molecule has 1 N–H and O–H groups in total. The summed E-state index contributed by atoms with van der Waals surface area (Å²) >= 11 is 2.93. The number of nitrogens with zero attached hydrogens (tertiary/aromatic N) is 4. The lowest BCUT2D eigenvalue weighted by Crippen LogP contribution is -2.51. The standard InChI is InChI=1S/C24H23N5O3S2/c30-23(19-9-5-15-34-19)26-21(17-6-2-1-3-7-17)24(31)29-12-10-28(11-13-29)16-20-25-22(27-32-20)18-8-4-14-33-18/h1-9,14-15,21H,10-13,16H2,(H,26,30)/t21-/m0/s1. The molecule has 0 spiro atoms. The van der Waals surface area contributed by atoms with Crippen molar-refractivity contribution >= 4 is 34.5 Å².